The van der Waals surface area contributed by atoms with Gasteiger partial charge in [0, 0.05) is 12.6 Å². The molecule has 0 radical (unpaired) electrons. The summed E-state index contributed by atoms with van der Waals surface area (Å²) in [5.74, 6) is -1.24. The molecule has 1 atom stereocenters. The molecular formula is C15H16FN5O4. The maximum Gasteiger partial charge on any atom is 0.310 e. The van der Waals surface area contributed by atoms with Crippen molar-refractivity contribution in [2.24, 2.45) is 5.10 Å². The molecular weight excluding hydrogens is 333 g/mol. The zero-order valence-corrected chi connectivity index (χ0v) is 13.5. The number of hydrogen-bond acceptors (Lipinski definition) is 6. The number of nitrogens with zero attached hydrogens (tertiary/aromatic N) is 4. The second kappa shape index (κ2) is 7.99. The average molecular weight is 349 g/mol. The monoisotopic (exact) mass is 349 g/mol. The van der Waals surface area contributed by atoms with Gasteiger partial charge in [-0.05, 0) is 19.9 Å². The number of hydrazone groups is 1. The topological polar surface area (TPSA) is 112 Å². The highest BCUT2D eigenvalue weighted by atomic mass is 19.1. The lowest BCUT2D eigenvalue weighted by Gasteiger charge is -2.12. The van der Waals surface area contributed by atoms with Crippen molar-refractivity contribution in [3.05, 3.63) is 52.1 Å². The number of carbonyl (C=O) groups is 1. The molecule has 2 aromatic rings. The number of nitro benzene ring substituents is 1. The van der Waals surface area contributed by atoms with E-state index in [0.717, 1.165) is 10.9 Å². The van der Waals surface area contributed by atoms with Gasteiger partial charge in [0.25, 0.3) is 5.91 Å². The van der Waals surface area contributed by atoms with Crippen molar-refractivity contribution in [2.45, 2.75) is 26.5 Å². The zero-order valence-electron chi connectivity index (χ0n) is 13.5. The summed E-state index contributed by atoms with van der Waals surface area (Å²) in [6, 6.07) is 5.70. The normalized spacial score (nSPS) is 12.1. The fraction of sp³-hybridized carbons (Fsp3) is 0.267. The third kappa shape index (κ3) is 4.37. The van der Waals surface area contributed by atoms with Crippen LogP contribution in [0.25, 0.3) is 0 Å². The predicted octanol–water partition coefficient (Wildman–Crippen LogP) is 1.87. The SMILES string of the molecule is CCn1ncc(C=NNC(=O)C(C)Oc2ccccc2[N+](=O)[O-])c1F. The highest BCUT2D eigenvalue weighted by Gasteiger charge is 2.20. The standard InChI is InChI=1S/C15H16FN5O4/c1-3-20-14(16)11(9-18-20)8-17-19-15(22)10(2)25-13-7-5-4-6-12(13)21(23)24/h4-10H,3H2,1-2H3,(H,19,22). The second-order valence-electron chi connectivity index (χ2n) is 4.93. The minimum atomic E-state index is -1.04. The highest BCUT2D eigenvalue weighted by molar-refractivity contribution is 5.84. The van der Waals surface area contributed by atoms with E-state index >= 15 is 0 Å². The first-order chi connectivity index (χ1) is 11.9. The fourth-order valence-electron chi connectivity index (χ4n) is 1.90. The van der Waals surface area contributed by atoms with Crippen LogP contribution in [0.15, 0.2) is 35.6 Å². The molecule has 0 aliphatic rings. The Morgan fingerprint density at radius 2 is 2.28 bits per heavy atom. The molecule has 1 amide bonds. The van der Waals surface area contributed by atoms with E-state index < -0.39 is 22.9 Å². The molecule has 1 heterocycles. The number of ether oxygens (including phenoxy) is 1. The van der Waals surface area contributed by atoms with E-state index in [2.05, 4.69) is 15.6 Å². The summed E-state index contributed by atoms with van der Waals surface area (Å²) in [6.45, 7) is 3.52. The van der Waals surface area contributed by atoms with Crippen LogP contribution in [0.2, 0.25) is 0 Å². The van der Waals surface area contributed by atoms with Crippen LogP contribution in [0.4, 0.5) is 10.1 Å². The number of nitrogens with one attached hydrogen (secondary N) is 1. The highest BCUT2D eigenvalue weighted by Crippen LogP contribution is 2.26. The van der Waals surface area contributed by atoms with Crippen LogP contribution in [-0.2, 0) is 11.3 Å². The van der Waals surface area contributed by atoms with E-state index in [0.29, 0.717) is 6.54 Å². The van der Waals surface area contributed by atoms with E-state index in [-0.39, 0.29) is 17.0 Å². The number of halogens is 1. The molecule has 0 fully saturated rings. The zero-order chi connectivity index (χ0) is 18.4. The fourth-order valence-corrected chi connectivity index (χ4v) is 1.90. The number of benzene rings is 1. The molecule has 0 aliphatic heterocycles. The Balaban J connectivity index is 1.98. The van der Waals surface area contributed by atoms with Crippen molar-refractivity contribution in [3.8, 4) is 5.75 Å². The lowest BCUT2D eigenvalue weighted by atomic mass is 10.3. The van der Waals surface area contributed by atoms with Crippen LogP contribution >= 0.6 is 0 Å². The third-order valence-corrected chi connectivity index (χ3v) is 3.21. The van der Waals surface area contributed by atoms with Crippen LogP contribution in [0.3, 0.4) is 0 Å². The van der Waals surface area contributed by atoms with Crippen molar-refractivity contribution in [2.75, 3.05) is 0 Å². The number of amides is 1. The quantitative estimate of drug-likeness (QED) is 0.466. The first-order valence-corrected chi connectivity index (χ1v) is 7.38. The lowest BCUT2D eigenvalue weighted by Crippen LogP contribution is -2.33. The summed E-state index contributed by atoms with van der Waals surface area (Å²) in [5, 5.41) is 18.4. The molecule has 25 heavy (non-hydrogen) atoms. The van der Waals surface area contributed by atoms with E-state index in [1.165, 1.54) is 31.3 Å². The third-order valence-electron chi connectivity index (χ3n) is 3.21. The van der Waals surface area contributed by atoms with Gasteiger partial charge < -0.3 is 4.74 Å². The van der Waals surface area contributed by atoms with Crippen LogP contribution < -0.4 is 10.2 Å². The molecule has 0 saturated heterocycles. The van der Waals surface area contributed by atoms with E-state index in [9.17, 15) is 19.3 Å². The van der Waals surface area contributed by atoms with Crippen molar-refractivity contribution in [1.29, 1.82) is 0 Å². The second-order valence-corrected chi connectivity index (χ2v) is 4.93. The van der Waals surface area contributed by atoms with Gasteiger partial charge in [0.2, 0.25) is 5.95 Å². The first kappa shape index (κ1) is 18.0. The van der Waals surface area contributed by atoms with Gasteiger partial charge >= 0.3 is 5.69 Å². The molecule has 0 spiro atoms. The molecule has 1 aromatic heterocycles. The van der Waals surface area contributed by atoms with Crippen molar-refractivity contribution in [1.82, 2.24) is 15.2 Å². The van der Waals surface area contributed by atoms with Gasteiger partial charge in [-0.25, -0.2) is 10.1 Å². The maximum absolute atomic E-state index is 13.7. The van der Waals surface area contributed by atoms with Gasteiger partial charge in [0.05, 0.1) is 22.9 Å². The summed E-state index contributed by atoms with van der Waals surface area (Å²) < 4.78 is 20.2. The van der Waals surface area contributed by atoms with Crippen molar-refractivity contribution < 1.29 is 18.8 Å². The Morgan fingerprint density at radius 3 is 2.92 bits per heavy atom. The Bertz CT molecular complexity index is 805. The molecule has 2 rings (SSSR count). The number of aryl methyl sites for hydroxylation is 1. The lowest BCUT2D eigenvalue weighted by molar-refractivity contribution is -0.386. The van der Waals surface area contributed by atoms with E-state index in [1.54, 1.807) is 13.0 Å². The van der Waals surface area contributed by atoms with Crippen molar-refractivity contribution >= 4 is 17.8 Å². The Kier molecular flexibility index (Phi) is 5.77. The van der Waals surface area contributed by atoms with E-state index in [1.807, 2.05) is 0 Å². The Morgan fingerprint density at radius 1 is 1.56 bits per heavy atom. The van der Waals surface area contributed by atoms with Crippen LogP contribution in [0.1, 0.15) is 19.4 Å². The van der Waals surface area contributed by atoms with Crippen LogP contribution in [-0.4, -0.2) is 32.9 Å². The number of rotatable bonds is 7. The Hall–Kier alpha value is -3.30. The molecule has 0 aliphatic carbocycles. The summed E-state index contributed by atoms with van der Waals surface area (Å²) in [6.07, 6.45) is 1.35. The number of hydrogen-bond donors (Lipinski definition) is 1. The minimum absolute atomic E-state index is 0.0330. The molecule has 10 heteroatoms. The summed E-state index contributed by atoms with van der Waals surface area (Å²) in [5.41, 5.74) is 2.06. The Labute approximate surface area is 142 Å². The summed E-state index contributed by atoms with van der Waals surface area (Å²) in [7, 11) is 0. The minimum Gasteiger partial charge on any atom is -0.474 e. The molecule has 0 bridgehead atoms. The number of nitro groups is 1. The number of carbonyl (C=O) groups excluding carboxylic acids is 1. The van der Waals surface area contributed by atoms with Gasteiger partial charge in [-0.15, -0.1) is 0 Å². The predicted molar refractivity (Wildman–Crippen MR) is 86.8 cm³/mol. The van der Waals surface area contributed by atoms with Gasteiger partial charge in [0.1, 0.15) is 0 Å². The molecule has 0 saturated carbocycles. The molecule has 9 nitrogen and oxygen atoms in total. The van der Waals surface area contributed by atoms with Gasteiger partial charge in [-0.2, -0.15) is 14.6 Å². The van der Waals surface area contributed by atoms with Gasteiger partial charge in [-0.1, -0.05) is 12.1 Å². The molecule has 1 aromatic carbocycles. The van der Waals surface area contributed by atoms with Gasteiger partial charge in [-0.3, -0.25) is 14.9 Å². The largest absolute Gasteiger partial charge is 0.474 e. The molecule has 132 valence electrons. The maximum atomic E-state index is 13.7. The summed E-state index contributed by atoms with van der Waals surface area (Å²) in [4.78, 5) is 22.2. The summed E-state index contributed by atoms with van der Waals surface area (Å²) >= 11 is 0. The molecule has 1 unspecified atom stereocenters. The number of para-hydroxylation sites is 2. The van der Waals surface area contributed by atoms with E-state index in [4.69, 9.17) is 4.74 Å². The smallest absolute Gasteiger partial charge is 0.310 e. The van der Waals surface area contributed by atoms with Crippen LogP contribution in [0.5, 0.6) is 5.75 Å². The van der Waals surface area contributed by atoms with Crippen LogP contribution in [0, 0.1) is 16.1 Å². The van der Waals surface area contributed by atoms with Crippen molar-refractivity contribution in [3.63, 3.8) is 0 Å². The number of aromatic nitrogens is 2. The molecule has 1 N–H and O–H groups in total. The first-order valence-electron chi connectivity index (χ1n) is 7.38. The van der Waals surface area contributed by atoms with Gasteiger partial charge in [0.15, 0.2) is 11.9 Å². The average Bonchev–Trinajstić information content (AvgIpc) is 2.95.